The van der Waals surface area contributed by atoms with Gasteiger partial charge in [0.2, 0.25) is 5.91 Å². The molecule has 0 aromatic rings. The topological polar surface area (TPSA) is 23.6 Å². The Morgan fingerprint density at radius 1 is 1.42 bits per heavy atom. The molecular weight excluding hydrogens is 152 g/mol. The van der Waals surface area contributed by atoms with E-state index in [2.05, 4.69) is 4.90 Å². The maximum Gasteiger partial charge on any atom is 0.239 e. The van der Waals surface area contributed by atoms with Crippen LogP contribution in [-0.2, 0) is 4.79 Å². The lowest BCUT2D eigenvalue weighted by Crippen LogP contribution is -2.47. The van der Waals surface area contributed by atoms with Crippen molar-refractivity contribution in [3.05, 3.63) is 0 Å². The summed E-state index contributed by atoms with van der Waals surface area (Å²) in [7, 11) is 5.68. The van der Waals surface area contributed by atoms with Gasteiger partial charge in [0.05, 0.1) is 6.04 Å². The monoisotopic (exact) mass is 170 g/mol. The van der Waals surface area contributed by atoms with Crippen molar-refractivity contribution in [1.82, 2.24) is 9.80 Å². The lowest BCUT2D eigenvalue weighted by Gasteiger charge is -2.32. The van der Waals surface area contributed by atoms with E-state index in [0.29, 0.717) is 0 Å². The second-order valence-electron chi connectivity index (χ2n) is 3.72. The highest BCUT2D eigenvalue weighted by Crippen LogP contribution is 2.15. The number of hydrogen-bond donors (Lipinski definition) is 0. The Morgan fingerprint density at radius 2 is 2.08 bits per heavy atom. The van der Waals surface area contributed by atoms with E-state index in [4.69, 9.17) is 0 Å². The fourth-order valence-electron chi connectivity index (χ4n) is 1.69. The predicted octanol–water partition coefficient (Wildman–Crippen LogP) is 0.559. The van der Waals surface area contributed by atoms with Crippen molar-refractivity contribution in [3.8, 4) is 0 Å². The standard InChI is InChI=1S/C9H18N2O/c1-10(2)9(12)8-6-4-5-7-11(8)3/h8H,4-7H2,1-3H3/t8-/m0/s1. The van der Waals surface area contributed by atoms with E-state index in [9.17, 15) is 4.79 Å². The molecule has 0 N–H and O–H groups in total. The first-order valence-corrected chi connectivity index (χ1v) is 4.54. The van der Waals surface area contributed by atoms with Gasteiger partial charge >= 0.3 is 0 Å². The number of likely N-dealkylation sites (tertiary alicyclic amines) is 1. The Bertz CT molecular complexity index is 168. The van der Waals surface area contributed by atoms with Crippen LogP contribution in [0.1, 0.15) is 19.3 Å². The highest BCUT2D eigenvalue weighted by Gasteiger charge is 2.26. The molecule has 1 saturated heterocycles. The van der Waals surface area contributed by atoms with Crippen molar-refractivity contribution in [1.29, 1.82) is 0 Å². The molecule has 12 heavy (non-hydrogen) atoms. The maximum atomic E-state index is 11.6. The molecule has 70 valence electrons. The molecule has 1 amide bonds. The fraction of sp³-hybridized carbons (Fsp3) is 0.889. The van der Waals surface area contributed by atoms with Crippen LogP contribution in [0.5, 0.6) is 0 Å². The normalized spacial score (nSPS) is 25.4. The van der Waals surface area contributed by atoms with Crippen LogP contribution in [0.4, 0.5) is 0 Å². The van der Waals surface area contributed by atoms with Gasteiger partial charge in [-0.05, 0) is 26.4 Å². The smallest absolute Gasteiger partial charge is 0.239 e. The zero-order valence-electron chi connectivity index (χ0n) is 8.21. The second kappa shape index (κ2) is 3.90. The van der Waals surface area contributed by atoms with E-state index in [1.54, 1.807) is 4.90 Å². The quantitative estimate of drug-likeness (QED) is 0.574. The fourth-order valence-corrected chi connectivity index (χ4v) is 1.69. The third kappa shape index (κ3) is 1.97. The van der Waals surface area contributed by atoms with Gasteiger partial charge in [0.15, 0.2) is 0 Å². The number of likely N-dealkylation sites (N-methyl/N-ethyl adjacent to an activating group) is 2. The zero-order chi connectivity index (χ0) is 9.14. The zero-order valence-corrected chi connectivity index (χ0v) is 8.21. The lowest BCUT2D eigenvalue weighted by molar-refractivity contribution is -0.135. The molecule has 0 unspecified atom stereocenters. The van der Waals surface area contributed by atoms with E-state index in [-0.39, 0.29) is 11.9 Å². The number of hydrogen-bond acceptors (Lipinski definition) is 2. The van der Waals surface area contributed by atoms with Crippen molar-refractivity contribution >= 4 is 5.91 Å². The summed E-state index contributed by atoms with van der Waals surface area (Å²) in [5.74, 6) is 0.247. The van der Waals surface area contributed by atoms with Crippen LogP contribution in [0, 0.1) is 0 Å². The lowest BCUT2D eigenvalue weighted by atomic mass is 10.0. The molecule has 0 spiro atoms. The summed E-state index contributed by atoms with van der Waals surface area (Å²) in [6, 6.07) is 0.133. The van der Waals surface area contributed by atoms with Crippen LogP contribution in [0.15, 0.2) is 0 Å². The first-order chi connectivity index (χ1) is 5.63. The van der Waals surface area contributed by atoms with Crippen molar-refractivity contribution in [2.45, 2.75) is 25.3 Å². The van der Waals surface area contributed by atoms with E-state index >= 15 is 0 Å². The highest BCUT2D eigenvalue weighted by atomic mass is 16.2. The molecule has 0 radical (unpaired) electrons. The molecule has 3 heteroatoms. The van der Waals surface area contributed by atoms with Gasteiger partial charge in [-0.1, -0.05) is 6.42 Å². The first-order valence-electron chi connectivity index (χ1n) is 4.54. The molecule has 0 saturated carbocycles. The van der Waals surface area contributed by atoms with Crippen molar-refractivity contribution in [2.75, 3.05) is 27.7 Å². The van der Waals surface area contributed by atoms with E-state index in [1.165, 1.54) is 12.8 Å². The second-order valence-corrected chi connectivity index (χ2v) is 3.72. The highest BCUT2D eigenvalue weighted by molar-refractivity contribution is 5.81. The molecule has 0 aliphatic carbocycles. The Kier molecular flexibility index (Phi) is 3.09. The first kappa shape index (κ1) is 9.52. The summed E-state index contributed by atoms with van der Waals surface area (Å²) in [5, 5.41) is 0. The third-order valence-corrected chi connectivity index (χ3v) is 2.50. The number of rotatable bonds is 1. The van der Waals surface area contributed by atoms with Gasteiger partial charge in [0.25, 0.3) is 0 Å². The van der Waals surface area contributed by atoms with Gasteiger partial charge < -0.3 is 4.90 Å². The largest absolute Gasteiger partial charge is 0.347 e. The maximum absolute atomic E-state index is 11.6. The van der Waals surface area contributed by atoms with E-state index in [1.807, 2.05) is 21.1 Å². The molecule has 3 nitrogen and oxygen atoms in total. The van der Waals surface area contributed by atoms with Gasteiger partial charge in [-0.15, -0.1) is 0 Å². The Morgan fingerprint density at radius 3 is 2.58 bits per heavy atom. The van der Waals surface area contributed by atoms with Crippen LogP contribution >= 0.6 is 0 Å². The molecule has 1 atom stereocenters. The number of amides is 1. The van der Waals surface area contributed by atoms with Crippen LogP contribution < -0.4 is 0 Å². The summed E-state index contributed by atoms with van der Waals surface area (Å²) in [5.41, 5.74) is 0. The molecule has 0 bridgehead atoms. The van der Waals surface area contributed by atoms with Crippen molar-refractivity contribution < 1.29 is 4.79 Å². The van der Waals surface area contributed by atoms with Crippen molar-refractivity contribution in [2.24, 2.45) is 0 Å². The molecule has 1 fully saturated rings. The van der Waals surface area contributed by atoms with Gasteiger partial charge in [-0.25, -0.2) is 0 Å². The summed E-state index contributed by atoms with van der Waals surface area (Å²) >= 11 is 0. The molecule has 0 aromatic carbocycles. The molecule has 1 heterocycles. The SMILES string of the molecule is CN(C)C(=O)[C@@H]1CCCCN1C. The van der Waals surface area contributed by atoms with Crippen LogP contribution in [0.3, 0.4) is 0 Å². The van der Waals surface area contributed by atoms with E-state index in [0.717, 1.165) is 13.0 Å². The average Bonchev–Trinajstić information content (AvgIpc) is 2.04. The number of piperidine rings is 1. The Labute approximate surface area is 74.3 Å². The molecular formula is C9H18N2O. The predicted molar refractivity (Wildman–Crippen MR) is 49.0 cm³/mol. The summed E-state index contributed by atoms with van der Waals surface area (Å²) in [6.07, 6.45) is 3.44. The number of carbonyl (C=O) groups excluding carboxylic acids is 1. The number of nitrogens with zero attached hydrogens (tertiary/aromatic N) is 2. The summed E-state index contributed by atoms with van der Waals surface area (Å²) in [4.78, 5) is 15.4. The minimum absolute atomic E-state index is 0.133. The third-order valence-electron chi connectivity index (χ3n) is 2.50. The molecule has 1 aliphatic heterocycles. The molecule has 1 rings (SSSR count). The van der Waals surface area contributed by atoms with E-state index < -0.39 is 0 Å². The molecule has 1 aliphatic rings. The van der Waals surface area contributed by atoms with Crippen LogP contribution in [-0.4, -0.2) is 49.4 Å². The average molecular weight is 170 g/mol. The summed E-state index contributed by atoms with van der Waals surface area (Å²) < 4.78 is 0. The minimum atomic E-state index is 0.133. The Balaban J connectivity index is 2.53. The minimum Gasteiger partial charge on any atom is -0.347 e. The van der Waals surface area contributed by atoms with Gasteiger partial charge in [0.1, 0.15) is 0 Å². The van der Waals surface area contributed by atoms with Crippen molar-refractivity contribution in [3.63, 3.8) is 0 Å². The molecule has 0 aromatic heterocycles. The van der Waals surface area contributed by atoms with Crippen LogP contribution in [0.2, 0.25) is 0 Å². The Hall–Kier alpha value is -0.570. The summed E-state index contributed by atoms with van der Waals surface area (Å²) in [6.45, 7) is 1.06. The van der Waals surface area contributed by atoms with Gasteiger partial charge in [0, 0.05) is 14.1 Å². The number of carbonyl (C=O) groups is 1. The van der Waals surface area contributed by atoms with Gasteiger partial charge in [-0.2, -0.15) is 0 Å². The van der Waals surface area contributed by atoms with Gasteiger partial charge in [-0.3, -0.25) is 9.69 Å². The van der Waals surface area contributed by atoms with Crippen LogP contribution in [0.25, 0.3) is 0 Å².